The van der Waals surface area contributed by atoms with Crippen LogP contribution in [-0.2, 0) is 0 Å². The van der Waals surface area contributed by atoms with Gasteiger partial charge in [0.2, 0.25) is 0 Å². The highest BCUT2D eigenvalue weighted by Gasteiger charge is 2.56. The molecule has 4 fully saturated rings. The molecule has 0 aromatic rings. The second-order valence-corrected chi connectivity index (χ2v) is 12.0. The summed E-state index contributed by atoms with van der Waals surface area (Å²) in [5.41, 5.74) is 4.48. The van der Waals surface area contributed by atoms with Gasteiger partial charge >= 0.3 is 0 Å². The SMILES string of the molecule is C=C1CCCC2CC12CC=C1CCCC2(C)C1CCC2C(C)C=CC(C)C(C)C. The molecule has 0 heterocycles. The van der Waals surface area contributed by atoms with Gasteiger partial charge in [0.25, 0.3) is 0 Å². The van der Waals surface area contributed by atoms with Crippen LogP contribution in [0.2, 0.25) is 0 Å². The standard InChI is InChI=1S/C29H46/c1-20(2)21(3)12-13-22(4)26-14-15-27-24(10-8-17-28(26,27)6)16-18-29-19-25(29)11-7-9-23(29)5/h12-13,16,20-22,25-27H,5,7-11,14-15,17-19H2,1-4,6H3. The first-order chi connectivity index (χ1) is 13.8. The zero-order chi connectivity index (χ0) is 20.8. The van der Waals surface area contributed by atoms with E-state index in [4.69, 9.17) is 0 Å². The molecular weight excluding hydrogens is 348 g/mol. The van der Waals surface area contributed by atoms with Gasteiger partial charge in [-0.1, -0.05) is 70.6 Å². The van der Waals surface area contributed by atoms with E-state index in [-0.39, 0.29) is 0 Å². The van der Waals surface area contributed by atoms with Crippen molar-refractivity contribution in [2.75, 3.05) is 0 Å². The molecular formula is C29H46. The second-order valence-electron chi connectivity index (χ2n) is 12.0. The summed E-state index contributed by atoms with van der Waals surface area (Å²) in [4.78, 5) is 0. The molecule has 0 radical (unpaired) electrons. The van der Waals surface area contributed by atoms with E-state index in [1.165, 1.54) is 64.2 Å². The lowest BCUT2D eigenvalue weighted by atomic mass is 9.61. The van der Waals surface area contributed by atoms with Gasteiger partial charge < -0.3 is 0 Å². The van der Waals surface area contributed by atoms with E-state index >= 15 is 0 Å². The van der Waals surface area contributed by atoms with E-state index in [0.717, 1.165) is 29.6 Å². The summed E-state index contributed by atoms with van der Waals surface area (Å²) >= 11 is 0. The van der Waals surface area contributed by atoms with E-state index in [1.54, 1.807) is 5.57 Å². The zero-order valence-corrected chi connectivity index (χ0v) is 20.0. The summed E-state index contributed by atoms with van der Waals surface area (Å²) in [6.07, 6.45) is 21.8. The summed E-state index contributed by atoms with van der Waals surface area (Å²) in [6, 6.07) is 0. The van der Waals surface area contributed by atoms with E-state index in [2.05, 4.69) is 59.4 Å². The summed E-state index contributed by atoms with van der Waals surface area (Å²) < 4.78 is 0. The molecule has 0 amide bonds. The van der Waals surface area contributed by atoms with Gasteiger partial charge in [-0.05, 0) is 111 Å². The Bertz CT molecular complexity index is 678. The molecule has 0 saturated heterocycles. The summed E-state index contributed by atoms with van der Waals surface area (Å²) in [7, 11) is 0. The molecule has 29 heavy (non-hydrogen) atoms. The van der Waals surface area contributed by atoms with Crippen LogP contribution in [0, 0.1) is 46.3 Å². The molecule has 7 atom stereocenters. The van der Waals surface area contributed by atoms with Crippen molar-refractivity contribution in [3.05, 3.63) is 36.0 Å². The van der Waals surface area contributed by atoms with Crippen molar-refractivity contribution in [2.45, 2.75) is 98.8 Å². The average molecular weight is 395 g/mol. The normalized spacial score (nSPS) is 42.9. The average Bonchev–Trinajstić information content (AvgIpc) is 3.31. The Morgan fingerprint density at radius 2 is 1.83 bits per heavy atom. The number of hydrogen-bond donors (Lipinski definition) is 0. The third-order valence-electron chi connectivity index (χ3n) is 10.1. The minimum atomic E-state index is 0.527. The monoisotopic (exact) mass is 394 g/mol. The van der Waals surface area contributed by atoms with Crippen LogP contribution in [0.3, 0.4) is 0 Å². The van der Waals surface area contributed by atoms with E-state index in [1.807, 2.05) is 5.57 Å². The quantitative estimate of drug-likeness (QED) is 0.395. The highest BCUT2D eigenvalue weighted by molar-refractivity contribution is 5.29. The van der Waals surface area contributed by atoms with Gasteiger partial charge in [0.05, 0.1) is 0 Å². The molecule has 0 spiro atoms. The van der Waals surface area contributed by atoms with Gasteiger partial charge in [0.1, 0.15) is 0 Å². The molecule has 0 nitrogen and oxygen atoms in total. The molecule has 7 unspecified atom stereocenters. The van der Waals surface area contributed by atoms with Crippen LogP contribution < -0.4 is 0 Å². The van der Waals surface area contributed by atoms with Crippen LogP contribution in [0.25, 0.3) is 0 Å². The Morgan fingerprint density at radius 1 is 1.03 bits per heavy atom. The Morgan fingerprint density at radius 3 is 2.55 bits per heavy atom. The minimum absolute atomic E-state index is 0.527. The first-order valence-corrected chi connectivity index (χ1v) is 12.8. The van der Waals surface area contributed by atoms with Crippen LogP contribution in [0.4, 0.5) is 0 Å². The van der Waals surface area contributed by atoms with E-state index in [0.29, 0.717) is 16.7 Å². The largest absolute Gasteiger partial charge is 0.0993 e. The van der Waals surface area contributed by atoms with Gasteiger partial charge in [0, 0.05) is 0 Å². The van der Waals surface area contributed by atoms with Crippen molar-refractivity contribution in [1.82, 2.24) is 0 Å². The maximum absolute atomic E-state index is 4.50. The fourth-order valence-corrected chi connectivity index (χ4v) is 7.61. The zero-order valence-electron chi connectivity index (χ0n) is 20.0. The fourth-order valence-electron chi connectivity index (χ4n) is 7.61. The van der Waals surface area contributed by atoms with Gasteiger partial charge in [0.15, 0.2) is 0 Å². The Hall–Kier alpha value is -0.780. The highest BCUT2D eigenvalue weighted by atomic mass is 14.6. The third-order valence-corrected chi connectivity index (χ3v) is 10.1. The van der Waals surface area contributed by atoms with Crippen LogP contribution in [0.5, 0.6) is 0 Å². The van der Waals surface area contributed by atoms with Crippen molar-refractivity contribution in [3.8, 4) is 0 Å². The second kappa shape index (κ2) is 8.05. The van der Waals surface area contributed by atoms with Crippen molar-refractivity contribution in [2.24, 2.45) is 46.3 Å². The smallest absolute Gasteiger partial charge is 0.00247 e. The molecule has 0 N–H and O–H groups in total. The predicted molar refractivity (Wildman–Crippen MR) is 127 cm³/mol. The van der Waals surface area contributed by atoms with Crippen molar-refractivity contribution < 1.29 is 0 Å². The minimum Gasteiger partial charge on any atom is -0.0993 e. The molecule has 0 aromatic heterocycles. The van der Waals surface area contributed by atoms with Crippen LogP contribution >= 0.6 is 0 Å². The van der Waals surface area contributed by atoms with Crippen LogP contribution in [0.1, 0.15) is 98.8 Å². The van der Waals surface area contributed by atoms with Crippen LogP contribution in [0.15, 0.2) is 36.0 Å². The van der Waals surface area contributed by atoms with Gasteiger partial charge in [-0.25, -0.2) is 0 Å². The summed E-state index contributed by atoms with van der Waals surface area (Å²) in [6.45, 7) is 16.7. The lowest BCUT2D eigenvalue weighted by Crippen LogP contribution is -2.35. The Balaban J connectivity index is 1.46. The van der Waals surface area contributed by atoms with E-state index in [9.17, 15) is 0 Å². The molecule has 4 saturated carbocycles. The number of fused-ring (bicyclic) bond motifs is 2. The molecule has 0 bridgehead atoms. The van der Waals surface area contributed by atoms with Gasteiger partial charge in [-0.15, -0.1) is 0 Å². The molecule has 4 aliphatic carbocycles. The first-order valence-electron chi connectivity index (χ1n) is 12.8. The third kappa shape index (κ3) is 3.83. The maximum atomic E-state index is 4.50. The maximum Gasteiger partial charge on any atom is -0.00247 e. The van der Waals surface area contributed by atoms with Crippen LogP contribution in [-0.4, -0.2) is 0 Å². The molecule has 0 aromatic carbocycles. The molecule has 0 aliphatic heterocycles. The Labute approximate surface area is 181 Å². The molecule has 4 rings (SSSR count). The van der Waals surface area contributed by atoms with Gasteiger partial charge in [-0.3, -0.25) is 0 Å². The van der Waals surface area contributed by atoms with Gasteiger partial charge in [-0.2, -0.15) is 0 Å². The Kier molecular flexibility index (Phi) is 5.95. The lowest BCUT2D eigenvalue weighted by Gasteiger charge is -2.44. The van der Waals surface area contributed by atoms with E-state index < -0.39 is 0 Å². The lowest BCUT2D eigenvalue weighted by molar-refractivity contribution is 0.111. The number of allylic oxidation sites excluding steroid dienone is 5. The fraction of sp³-hybridized carbons (Fsp3) is 0.793. The molecule has 162 valence electrons. The molecule has 4 aliphatic rings. The first kappa shape index (κ1) is 21.5. The van der Waals surface area contributed by atoms with Crippen molar-refractivity contribution in [1.29, 1.82) is 0 Å². The molecule has 0 heteroatoms. The predicted octanol–water partition coefficient (Wildman–Crippen LogP) is 8.75. The van der Waals surface area contributed by atoms with Crippen molar-refractivity contribution in [3.63, 3.8) is 0 Å². The topological polar surface area (TPSA) is 0 Å². The number of hydrogen-bond acceptors (Lipinski definition) is 0. The number of rotatable bonds is 6. The van der Waals surface area contributed by atoms with Crippen molar-refractivity contribution >= 4 is 0 Å². The summed E-state index contributed by atoms with van der Waals surface area (Å²) in [5.74, 6) is 4.84. The summed E-state index contributed by atoms with van der Waals surface area (Å²) in [5, 5.41) is 0. The highest BCUT2D eigenvalue weighted by Crippen LogP contribution is 2.66.